The average molecular weight is 345 g/mol. The number of esters is 1. The molecule has 3 aliphatic heterocycles. The zero-order chi connectivity index (χ0) is 17.3. The fourth-order valence-electron chi connectivity index (χ4n) is 4.82. The van der Waals surface area contributed by atoms with Crippen molar-refractivity contribution in [3.8, 4) is 11.5 Å². The van der Waals surface area contributed by atoms with Crippen molar-refractivity contribution in [2.24, 2.45) is 0 Å². The van der Waals surface area contributed by atoms with Crippen LogP contribution < -0.4 is 9.47 Å². The van der Waals surface area contributed by atoms with Gasteiger partial charge >= 0.3 is 5.97 Å². The molecule has 0 amide bonds. The van der Waals surface area contributed by atoms with Gasteiger partial charge < -0.3 is 24.4 Å². The topological polar surface area (TPSA) is 88.5 Å². The van der Waals surface area contributed by atoms with Gasteiger partial charge in [0.2, 0.25) is 6.79 Å². The zero-order valence-corrected chi connectivity index (χ0v) is 13.7. The number of fused-ring (bicyclic) bond motifs is 2. The van der Waals surface area contributed by atoms with Crippen LogP contribution in [0.2, 0.25) is 0 Å². The number of hydrogen-bond donors (Lipinski definition) is 2. The molecule has 4 aliphatic rings. The number of nitrogens with zero attached hydrogens (tertiary/aromatic N) is 1. The summed E-state index contributed by atoms with van der Waals surface area (Å²) in [5.41, 5.74) is 1.03. The summed E-state index contributed by atoms with van der Waals surface area (Å²) in [6.45, 7) is 1.88. The largest absolute Gasteiger partial charge is 0.454 e. The second-order valence-corrected chi connectivity index (χ2v) is 7.08. The summed E-state index contributed by atoms with van der Waals surface area (Å²) >= 11 is 0. The van der Waals surface area contributed by atoms with Crippen LogP contribution in [-0.4, -0.2) is 52.7 Å². The lowest BCUT2D eigenvalue weighted by Crippen LogP contribution is -2.53. The molecule has 0 aromatic heterocycles. The van der Waals surface area contributed by atoms with E-state index in [1.165, 1.54) is 6.92 Å². The average Bonchev–Trinajstić information content (AvgIpc) is 3.11. The van der Waals surface area contributed by atoms with Crippen molar-refractivity contribution in [2.75, 3.05) is 13.3 Å². The van der Waals surface area contributed by atoms with Crippen molar-refractivity contribution in [1.82, 2.24) is 4.90 Å². The van der Waals surface area contributed by atoms with Gasteiger partial charge in [-0.2, -0.15) is 0 Å². The van der Waals surface area contributed by atoms with E-state index in [0.29, 0.717) is 24.5 Å². The van der Waals surface area contributed by atoms with Crippen molar-refractivity contribution >= 4 is 5.97 Å². The molecule has 0 spiro atoms. The zero-order valence-electron chi connectivity index (χ0n) is 13.7. The van der Waals surface area contributed by atoms with Crippen LogP contribution >= 0.6 is 0 Å². The van der Waals surface area contributed by atoms with E-state index in [1.54, 1.807) is 6.08 Å². The first-order valence-corrected chi connectivity index (χ1v) is 8.43. The molecule has 1 aliphatic carbocycles. The third-order valence-electron chi connectivity index (χ3n) is 5.80. The lowest BCUT2D eigenvalue weighted by molar-refractivity contribution is -0.161. The van der Waals surface area contributed by atoms with Crippen LogP contribution in [0.3, 0.4) is 0 Å². The summed E-state index contributed by atoms with van der Waals surface area (Å²) in [7, 11) is 0. The lowest BCUT2D eigenvalue weighted by Gasteiger charge is -2.48. The van der Waals surface area contributed by atoms with Crippen LogP contribution in [0.4, 0.5) is 0 Å². The molecule has 1 aromatic rings. The number of benzene rings is 1. The Hall–Kier alpha value is -2.09. The minimum absolute atomic E-state index is 0.147. The molecule has 1 saturated heterocycles. The summed E-state index contributed by atoms with van der Waals surface area (Å²) in [4.78, 5) is 13.7. The van der Waals surface area contributed by atoms with Gasteiger partial charge in [-0.15, -0.1) is 0 Å². The summed E-state index contributed by atoms with van der Waals surface area (Å²) in [6, 6.07) is 3.57. The first kappa shape index (κ1) is 15.2. The van der Waals surface area contributed by atoms with Gasteiger partial charge in [-0.3, -0.25) is 9.69 Å². The number of carbonyl (C=O) groups excluding carboxylic acids is 1. The van der Waals surface area contributed by atoms with Gasteiger partial charge in [-0.25, -0.2) is 0 Å². The summed E-state index contributed by atoms with van der Waals surface area (Å²) in [5.74, 6) is 0.843. The molecule has 1 aromatic carbocycles. The molecule has 7 nitrogen and oxygen atoms in total. The fraction of sp³-hybridized carbons (Fsp3) is 0.500. The molecule has 3 heterocycles. The molecule has 1 fully saturated rings. The summed E-state index contributed by atoms with van der Waals surface area (Å²) in [6.07, 6.45) is 2.25. The highest BCUT2D eigenvalue weighted by molar-refractivity contribution is 5.67. The van der Waals surface area contributed by atoms with Gasteiger partial charge in [0.15, 0.2) is 17.7 Å². The molecule has 5 rings (SSSR count). The quantitative estimate of drug-likeness (QED) is 0.569. The normalized spacial score (nSPS) is 39.7. The number of ether oxygens (including phenoxy) is 3. The van der Waals surface area contributed by atoms with Crippen molar-refractivity contribution < 1.29 is 29.2 Å². The molecule has 7 heteroatoms. The van der Waals surface area contributed by atoms with Crippen molar-refractivity contribution in [3.63, 3.8) is 0 Å². The minimum Gasteiger partial charge on any atom is -0.454 e. The Labute approximate surface area is 144 Å². The molecule has 2 bridgehead atoms. The summed E-state index contributed by atoms with van der Waals surface area (Å²) in [5, 5.41) is 21.0. The lowest BCUT2D eigenvalue weighted by atomic mass is 9.65. The van der Waals surface area contributed by atoms with Crippen LogP contribution in [0.1, 0.15) is 30.7 Å². The molecular formula is C18H19NO6. The third-order valence-corrected chi connectivity index (χ3v) is 5.80. The Bertz CT molecular complexity index is 792. The van der Waals surface area contributed by atoms with Gasteiger partial charge in [-0.05, 0) is 24.1 Å². The van der Waals surface area contributed by atoms with Crippen molar-refractivity contribution in [2.45, 2.75) is 43.2 Å². The minimum atomic E-state index is -0.666. The third kappa shape index (κ3) is 1.88. The van der Waals surface area contributed by atoms with E-state index in [-0.39, 0.29) is 12.8 Å². The standard InChI is InChI=1S/C18H19NO6/c1-9(20)25-17-11-5-13-14(24-8-23-13)6-12(11)18-3-2-10(21)4-15(18)19(17)7-16(18)22/h2-3,5-6,10,15-17,21-22H,4,7-8H2,1H3. The van der Waals surface area contributed by atoms with Gasteiger partial charge in [-0.1, -0.05) is 12.2 Å². The smallest absolute Gasteiger partial charge is 0.304 e. The van der Waals surface area contributed by atoms with E-state index in [0.717, 1.165) is 11.1 Å². The Morgan fingerprint density at radius 1 is 1.32 bits per heavy atom. The molecule has 0 saturated carbocycles. The van der Waals surface area contributed by atoms with Crippen LogP contribution in [0.15, 0.2) is 24.3 Å². The van der Waals surface area contributed by atoms with E-state index >= 15 is 0 Å². The molecule has 132 valence electrons. The number of aliphatic hydroxyl groups excluding tert-OH is 2. The highest BCUT2D eigenvalue weighted by atomic mass is 16.7. The first-order chi connectivity index (χ1) is 12.0. The fourth-order valence-corrected chi connectivity index (χ4v) is 4.82. The van der Waals surface area contributed by atoms with Gasteiger partial charge in [0.1, 0.15) is 0 Å². The maximum Gasteiger partial charge on any atom is 0.304 e. The Morgan fingerprint density at radius 3 is 2.84 bits per heavy atom. The molecule has 6 unspecified atom stereocenters. The number of carbonyl (C=O) groups is 1. The van der Waals surface area contributed by atoms with Gasteiger partial charge in [0, 0.05) is 25.1 Å². The molecule has 6 atom stereocenters. The van der Waals surface area contributed by atoms with Crippen LogP contribution in [0.5, 0.6) is 11.5 Å². The Morgan fingerprint density at radius 2 is 2.08 bits per heavy atom. The highest BCUT2D eigenvalue weighted by Crippen LogP contribution is 2.57. The van der Waals surface area contributed by atoms with Crippen LogP contribution in [-0.2, 0) is 14.9 Å². The molecule has 25 heavy (non-hydrogen) atoms. The second-order valence-electron chi connectivity index (χ2n) is 7.08. The predicted octanol–water partition coefficient (Wildman–Crippen LogP) is 0.594. The first-order valence-electron chi connectivity index (χ1n) is 8.43. The maximum absolute atomic E-state index is 11.7. The molecule has 0 radical (unpaired) electrons. The van der Waals surface area contributed by atoms with Gasteiger partial charge in [0.25, 0.3) is 0 Å². The van der Waals surface area contributed by atoms with E-state index in [4.69, 9.17) is 14.2 Å². The number of rotatable bonds is 1. The Balaban J connectivity index is 1.76. The predicted molar refractivity (Wildman–Crippen MR) is 85.0 cm³/mol. The van der Waals surface area contributed by atoms with E-state index in [2.05, 4.69) is 0 Å². The summed E-state index contributed by atoms with van der Waals surface area (Å²) < 4.78 is 16.6. The second kappa shape index (κ2) is 4.97. The number of aliphatic hydroxyl groups is 2. The highest BCUT2D eigenvalue weighted by Gasteiger charge is 2.62. The van der Waals surface area contributed by atoms with Gasteiger partial charge in [0.05, 0.1) is 17.6 Å². The van der Waals surface area contributed by atoms with Crippen LogP contribution in [0, 0.1) is 0 Å². The van der Waals surface area contributed by atoms with E-state index < -0.39 is 29.8 Å². The molecular weight excluding hydrogens is 326 g/mol. The van der Waals surface area contributed by atoms with E-state index in [1.807, 2.05) is 23.1 Å². The SMILES string of the molecule is CC(=O)OC1c2cc3c(cc2C24C=CC(O)CC2N1CC4O)OCO3. The van der Waals surface area contributed by atoms with E-state index in [9.17, 15) is 15.0 Å². The monoisotopic (exact) mass is 345 g/mol. The molecule has 2 N–H and O–H groups in total. The van der Waals surface area contributed by atoms with Crippen molar-refractivity contribution in [1.29, 1.82) is 0 Å². The maximum atomic E-state index is 11.7. The Kier molecular flexibility index (Phi) is 3.02. The van der Waals surface area contributed by atoms with Crippen molar-refractivity contribution in [3.05, 3.63) is 35.4 Å². The number of hydrogen-bond acceptors (Lipinski definition) is 7. The van der Waals surface area contributed by atoms with Crippen LogP contribution in [0.25, 0.3) is 0 Å².